The van der Waals surface area contributed by atoms with Crippen LogP contribution in [0.25, 0.3) is 11.1 Å². The van der Waals surface area contributed by atoms with Crippen LogP contribution in [0.15, 0.2) is 35.3 Å². The SMILES string of the molecule is O=c1[nH][nH]cc1-c1cccc(F)c1. The van der Waals surface area contributed by atoms with E-state index < -0.39 is 0 Å². The molecule has 0 aliphatic rings. The summed E-state index contributed by atoms with van der Waals surface area (Å²) in [6.45, 7) is 0. The van der Waals surface area contributed by atoms with Crippen LogP contribution in [-0.2, 0) is 0 Å². The minimum absolute atomic E-state index is 0.245. The van der Waals surface area contributed by atoms with Crippen LogP contribution in [-0.4, -0.2) is 10.2 Å². The summed E-state index contributed by atoms with van der Waals surface area (Å²) in [5.41, 5.74) is 0.771. The van der Waals surface area contributed by atoms with Crippen molar-refractivity contribution in [1.29, 1.82) is 0 Å². The zero-order chi connectivity index (χ0) is 9.26. The van der Waals surface area contributed by atoms with Gasteiger partial charge in [-0.25, -0.2) is 4.39 Å². The van der Waals surface area contributed by atoms with Crippen molar-refractivity contribution < 1.29 is 4.39 Å². The normalized spacial score (nSPS) is 10.2. The Morgan fingerprint density at radius 1 is 1.31 bits per heavy atom. The van der Waals surface area contributed by atoms with Crippen LogP contribution in [0.3, 0.4) is 0 Å². The van der Waals surface area contributed by atoms with Crippen LogP contribution in [0, 0.1) is 5.82 Å². The van der Waals surface area contributed by atoms with Crippen LogP contribution in [0.2, 0.25) is 0 Å². The molecule has 2 rings (SSSR count). The molecule has 0 radical (unpaired) electrons. The van der Waals surface area contributed by atoms with Crippen LogP contribution in [0.1, 0.15) is 0 Å². The van der Waals surface area contributed by atoms with Crippen molar-refractivity contribution in [3.63, 3.8) is 0 Å². The highest BCUT2D eigenvalue weighted by molar-refractivity contribution is 5.61. The highest BCUT2D eigenvalue weighted by atomic mass is 19.1. The number of hydrogen-bond acceptors (Lipinski definition) is 1. The lowest BCUT2D eigenvalue weighted by Crippen LogP contribution is -2.01. The molecule has 0 atom stereocenters. The van der Waals surface area contributed by atoms with Crippen molar-refractivity contribution >= 4 is 0 Å². The number of benzene rings is 1. The van der Waals surface area contributed by atoms with Gasteiger partial charge in [0.2, 0.25) is 0 Å². The Kier molecular flexibility index (Phi) is 1.73. The monoisotopic (exact) mass is 178 g/mol. The van der Waals surface area contributed by atoms with E-state index >= 15 is 0 Å². The van der Waals surface area contributed by atoms with Crippen molar-refractivity contribution in [1.82, 2.24) is 10.2 Å². The van der Waals surface area contributed by atoms with Gasteiger partial charge in [0, 0.05) is 6.20 Å². The van der Waals surface area contributed by atoms with Gasteiger partial charge >= 0.3 is 0 Å². The zero-order valence-corrected chi connectivity index (χ0v) is 6.67. The highest BCUT2D eigenvalue weighted by Gasteiger charge is 2.03. The molecule has 3 nitrogen and oxygen atoms in total. The van der Waals surface area contributed by atoms with E-state index in [-0.39, 0.29) is 11.4 Å². The van der Waals surface area contributed by atoms with Gasteiger partial charge in [-0.2, -0.15) is 0 Å². The predicted molar refractivity (Wildman–Crippen MR) is 46.8 cm³/mol. The molecule has 0 bridgehead atoms. The maximum atomic E-state index is 12.8. The molecule has 2 aromatic rings. The largest absolute Gasteiger partial charge is 0.305 e. The molecule has 0 saturated heterocycles. The van der Waals surface area contributed by atoms with Gasteiger partial charge in [-0.15, -0.1) is 0 Å². The summed E-state index contributed by atoms with van der Waals surface area (Å²) in [5, 5.41) is 4.94. The Hall–Kier alpha value is -1.84. The number of halogens is 1. The second-order valence-electron chi connectivity index (χ2n) is 2.67. The van der Waals surface area contributed by atoms with E-state index in [4.69, 9.17) is 0 Å². The average Bonchev–Trinajstić information content (AvgIpc) is 2.51. The number of hydrogen-bond donors (Lipinski definition) is 2. The predicted octanol–water partition coefficient (Wildman–Crippen LogP) is 1.51. The first-order valence-corrected chi connectivity index (χ1v) is 3.79. The smallest absolute Gasteiger partial charge is 0.271 e. The van der Waals surface area contributed by atoms with Gasteiger partial charge in [0.05, 0.1) is 5.56 Å². The standard InChI is InChI=1S/C9H7FN2O/c10-7-3-1-2-6(4-7)8-5-11-12-9(8)13/h1-5H,(H2,11,12,13). The quantitative estimate of drug-likeness (QED) is 0.683. The number of rotatable bonds is 1. The Labute approximate surface area is 73.2 Å². The van der Waals surface area contributed by atoms with Crippen molar-refractivity contribution in [2.75, 3.05) is 0 Å². The first kappa shape index (κ1) is 7.79. The zero-order valence-electron chi connectivity index (χ0n) is 6.67. The highest BCUT2D eigenvalue weighted by Crippen LogP contribution is 2.14. The van der Waals surface area contributed by atoms with Gasteiger partial charge < -0.3 is 5.10 Å². The van der Waals surface area contributed by atoms with E-state index in [0.29, 0.717) is 11.1 Å². The fourth-order valence-corrected chi connectivity index (χ4v) is 1.18. The minimum atomic E-state index is -0.349. The summed E-state index contributed by atoms with van der Waals surface area (Å²) in [6, 6.07) is 5.90. The molecule has 66 valence electrons. The molecule has 1 heterocycles. The third kappa shape index (κ3) is 1.38. The average molecular weight is 178 g/mol. The summed E-state index contributed by atoms with van der Waals surface area (Å²) in [6.07, 6.45) is 1.51. The van der Waals surface area contributed by atoms with Crippen LogP contribution >= 0.6 is 0 Å². The van der Waals surface area contributed by atoms with Gasteiger partial charge in [0.25, 0.3) is 5.56 Å². The van der Waals surface area contributed by atoms with Gasteiger partial charge in [0.1, 0.15) is 5.82 Å². The lowest BCUT2D eigenvalue weighted by molar-refractivity contribution is 0.628. The number of aromatic nitrogens is 2. The second kappa shape index (κ2) is 2.90. The summed E-state index contributed by atoms with van der Waals surface area (Å²) in [4.78, 5) is 11.1. The van der Waals surface area contributed by atoms with E-state index in [0.717, 1.165) is 0 Å². The molecular formula is C9H7FN2O. The van der Waals surface area contributed by atoms with Crippen molar-refractivity contribution in [3.05, 3.63) is 46.6 Å². The Balaban J connectivity index is 2.59. The fourth-order valence-electron chi connectivity index (χ4n) is 1.18. The third-order valence-corrected chi connectivity index (χ3v) is 1.78. The summed E-state index contributed by atoms with van der Waals surface area (Å²) in [5.74, 6) is -0.349. The number of aromatic amines is 2. The lowest BCUT2D eigenvalue weighted by atomic mass is 10.1. The second-order valence-corrected chi connectivity index (χ2v) is 2.67. The van der Waals surface area contributed by atoms with E-state index in [1.807, 2.05) is 0 Å². The van der Waals surface area contributed by atoms with E-state index in [1.165, 1.54) is 18.3 Å². The molecule has 0 fully saturated rings. The summed E-state index contributed by atoms with van der Waals surface area (Å²) >= 11 is 0. The molecule has 0 spiro atoms. The molecular weight excluding hydrogens is 171 g/mol. The molecule has 13 heavy (non-hydrogen) atoms. The van der Waals surface area contributed by atoms with Crippen LogP contribution < -0.4 is 5.56 Å². The van der Waals surface area contributed by atoms with Crippen molar-refractivity contribution in [3.8, 4) is 11.1 Å². The molecule has 0 unspecified atom stereocenters. The first-order valence-electron chi connectivity index (χ1n) is 3.79. The van der Waals surface area contributed by atoms with Crippen LogP contribution in [0.5, 0.6) is 0 Å². The molecule has 0 amide bonds. The van der Waals surface area contributed by atoms with Crippen LogP contribution in [0.4, 0.5) is 4.39 Å². The maximum absolute atomic E-state index is 12.8. The molecule has 0 aliphatic carbocycles. The molecule has 0 saturated carbocycles. The van der Waals surface area contributed by atoms with E-state index in [1.54, 1.807) is 12.1 Å². The van der Waals surface area contributed by atoms with Crippen molar-refractivity contribution in [2.24, 2.45) is 0 Å². The number of nitrogens with one attached hydrogen (secondary N) is 2. The van der Waals surface area contributed by atoms with E-state index in [9.17, 15) is 9.18 Å². The van der Waals surface area contributed by atoms with Gasteiger partial charge in [0.15, 0.2) is 0 Å². The molecule has 2 N–H and O–H groups in total. The summed E-state index contributed by atoms with van der Waals surface area (Å²) in [7, 11) is 0. The Morgan fingerprint density at radius 3 is 2.77 bits per heavy atom. The molecule has 0 aliphatic heterocycles. The third-order valence-electron chi connectivity index (χ3n) is 1.78. The van der Waals surface area contributed by atoms with Crippen molar-refractivity contribution in [2.45, 2.75) is 0 Å². The van der Waals surface area contributed by atoms with Gasteiger partial charge in [-0.1, -0.05) is 12.1 Å². The minimum Gasteiger partial charge on any atom is -0.305 e. The number of H-pyrrole nitrogens is 2. The molecule has 1 aromatic carbocycles. The maximum Gasteiger partial charge on any atom is 0.271 e. The topological polar surface area (TPSA) is 48.6 Å². The van der Waals surface area contributed by atoms with E-state index in [2.05, 4.69) is 10.2 Å². The van der Waals surface area contributed by atoms with Gasteiger partial charge in [-0.3, -0.25) is 9.89 Å². The fraction of sp³-hybridized carbons (Fsp3) is 0. The molecule has 1 aromatic heterocycles. The van der Waals surface area contributed by atoms with Gasteiger partial charge in [-0.05, 0) is 17.7 Å². The summed E-state index contributed by atoms with van der Waals surface area (Å²) < 4.78 is 12.8. The molecule has 4 heteroatoms. The first-order chi connectivity index (χ1) is 6.27. The lowest BCUT2D eigenvalue weighted by Gasteiger charge is -1.94. The Morgan fingerprint density at radius 2 is 2.15 bits per heavy atom. The Bertz CT molecular complexity index is 472.